The molecule has 1 aliphatic heterocycles. The number of amides is 2. The van der Waals surface area contributed by atoms with E-state index in [0.29, 0.717) is 17.4 Å². The lowest BCUT2D eigenvalue weighted by Crippen LogP contribution is -2.33. The van der Waals surface area contributed by atoms with Gasteiger partial charge in [-0.05, 0) is 56.0 Å². The number of nitrogens with zero attached hydrogens (tertiary/aromatic N) is 7. The van der Waals surface area contributed by atoms with Gasteiger partial charge in [-0.3, -0.25) is 4.90 Å². The van der Waals surface area contributed by atoms with E-state index in [-0.39, 0.29) is 6.03 Å². The Morgan fingerprint density at radius 2 is 1.97 bits per heavy atom. The van der Waals surface area contributed by atoms with Crippen molar-refractivity contribution in [1.82, 2.24) is 29.0 Å². The van der Waals surface area contributed by atoms with Gasteiger partial charge in [0.15, 0.2) is 11.6 Å². The van der Waals surface area contributed by atoms with E-state index in [9.17, 15) is 4.79 Å². The van der Waals surface area contributed by atoms with E-state index in [1.807, 2.05) is 55.3 Å². The first-order valence-electron chi connectivity index (χ1n) is 11.4. The lowest BCUT2D eigenvalue weighted by atomic mass is 10.2. The Balaban J connectivity index is 1.25. The number of rotatable bonds is 7. The summed E-state index contributed by atoms with van der Waals surface area (Å²) in [5.74, 6) is 2.84. The number of carbonyl (C=O) groups excluding carboxylic acids is 1. The molecule has 4 heterocycles. The Hall–Kier alpha value is -3.88. The predicted octanol–water partition coefficient (Wildman–Crippen LogP) is 4.06. The maximum absolute atomic E-state index is 12.8. The lowest BCUT2D eigenvalue weighted by Gasteiger charge is -2.19. The van der Waals surface area contributed by atoms with Crippen LogP contribution in [0.25, 0.3) is 16.9 Å². The van der Waals surface area contributed by atoms with Crippen molar-refractivity contribution < 1.29 is 9.53 Å². The minimum Gasteiger partial charge on any atom is -0.455 e. The lowest BCUT2D eigenvalue weighted by molar-refractivity contribution is 0.218. The summed E-state index contributed by atoms with van der Waals surface area (Å²) in [5.41, 5.74) is 2.64. The van der Waals surface area contributed by atoms with Crippen LogP contribution in [-0.2, 0) is 6.54 Å². The predicted molar refractivity (Wildman–Crippen MR) is 123 cm³/mol. The normalized spacial score (nSPS) is 16.2. The van der Waals surface area contributed by atoms with Crippen molar-refractivity contribution in [3.63, 3.8) is 0 Å². The second-order valence-corrected chi connectivity index (χ2v) is 8.64. The fourth-order valence-electron chi connectivity index (χ4n) is 4.34. The molecule has 6 rings (SSSR count). The molecule has 1 saturated carbocycles. The molecule has 2 aliphatic rings. The molecule has 0 N–H and O–H groups in total. The van der Waals surface area contributed by atoms with E-state index in [1.165, 1.54) is 12.8 Å². The minimum absolute atomic E-state index is 0.101. The van der Waals surface area contributed by atoms with Gasteiger partial charge in [-0.25, -0.2) is 9.78 Å². The highest BCUT2D eigenvalue weighted by molar-refractivity contribution is 5.94. The number of urea groups is 1. The topological polar surface area (TPSA) is 80.8 Å². The molecule has 9 heteroatoms. The van der Waals surface area contributed by atoms with Crippen LogP contribution in [0, 0.1) is 5.92 Å². The molecule has 168 valence electrons. The van der Waals surface area contributed by atoms with Gasteiger partial charge in [-0.2, -0.15) is 0 Å². The molecule has 1 aromatic carbocycles. The van der Waals surface area contributed by atoms with E-state index in [4.69, 9.17) is 4.74 Å². The number of carbonyl (C=O) groups is 1. The van der Waals surface area contributed by atoms with Crippen LogP contribution in [0.4, 0.5) is 10.5 Å². The average molecular weight is 444 g/mol. The quantitative estimate of drug-likeness (QED) is 0.430. The molecule has 1 saturated heterocycles. The Morgan fingerprint density at radius 1 is 1.12 bits per heavy atom. The molecular weight excluding hydrogens is 418 g/mol. The Kier molecular flexibility index (Phi) is 4.74. The number of aromatic nitrogens is 5. The Labute approximate surface area is 191 Å². The molecule has 2 amide bonds. The number of anilines is 1. The number of fused-ring (bicyclic) bond motifs is 1. The summed E-state index contributed by atoms with van der Waals surface area (Å²) in [6, 6.07) is 9.75. The zero-order chi connectivity index (χ0) is 22.4. The standard InChI is InChI=1S/C24H25N7O2/c1-2-28-16-26-27-23(28)18-11-22(21-12-25-15-30(21)14-18)33-20-7-5-19(6-8-20)31-10-9-29(24(31)32)13-17-3-4-17/h5-8,11-12,14-17H,2-4,9-10,13H2,1H3. The number of imidazole rings is 1. The van der Waals surface area contributed by atoms with Crippen molar-refractivity contribution in [2.45, 2.75) is 26.3 Å². The van der Waals surface area contributed by atoms with E-state index in [2.05, 4.69) is 22.1 Å². The number of hydrogen-bond donors (Lipinski definition) is 0. The van der Waals surface area contributed by atoms with E-state index in [0.717, 1.165) is 48.8 Å². The highest BCUT2D eigenvalue weighted by atomic mass is 16.5. The monoisotopic (exact) mass is 443 g/mol. The minimum atomic E-state index is 0.101. The van der Waals surface area contributed by atoms with Crippen LogP contribution in [0.1, 0.15) is 19.8 Å². The third-order valence-corrected chi connectivity index (χ3v) is 6.34. The molecule has 1 aliphatic carbocycles. The summed E-state index contributed by atoms with van der Waals surface area (Å²) in [6.45, 7) is 5.23. The molecule has 33 heavy (non-hydrogen) atoms. The molecule has 4 aromatic rings. The van der Waals surface area contributed by atoms with E-state index < -0.39 is 0 Å². The second-order valence-electron chi connectivity index (χ2n) is 8.64. The van der Waals surface area contributed by atoms with Gasteiger partial charge >= 0.3 is 6.03 Å². The maximum atomic E-state index is 12.8. The van der Waals surface area contributed by atoms with Crippen LogP contribution >= 0.6 is 0 Å². The Bertz CT molecular complexity index is 1310. The molecule has 0 radical (unpaired) electrons. The fourth-order valence-corrected chi connectivity index (χ4v) is 4.34. The van der Waals surface area contributed by atoms with Crippen LogP contribution < -0.4 is 9.64 Å². The van der Waals surface area contributed by atoms with Crippen LogP contribution in [0.15, 0.2) is 55.4 Å². The summed E-state index contributed by atoms with van der Waals surface area (Å²) in [6.07, 6.45) is 9.71. The average Bonchev–Trinajstić information content (AvgIpc) is 3.20. The van der Waals surface area contributed by atoms with Crippen molar-refractivity contribution in [2.75, 3.05) is 24.5 Å². The first-order valence-corrected chi connectivity index (χ1v) is 11.4. The maximum Gasteiger partial charge on any atom is 0.324 e. The third kappa shape index (κ3) is 3.69. The number of aryl methyl sites for hydroxylation is 1. The SMILES string of the molecule is CCn1cnnc1-c1cc(Oc2ccc(N3CCN(CC4CC4)C3=O)cc2)c2cncn2c1. The first-order chi connectivity index (χ1) is 16.2. The van der Waals surface area contributed by atoms with Gasteiger partial charge in [0.2, 0.25) is 0 Å². The van der Waals surface area contributed by atoms with Crippen LogP contribution in [-0.4, -0.2) is 54.7 Å². The third-order valence-electron chi connectivity index (χ3n) is 6.34. The zero-order valence-corrected chi connectivity index (χ0v) is 18.5. The number of pyridine rings is 1. The van der Waals surface area contributed by atoms with Crippen molar-refractivity contribution in [1.29, 1.82) is 0 Å². The summed E-state index contributed by atoms with van der Waals surface area (Å²) in [5, 5.41) is 8.31. The molecular formula is C24H25N7O2. The number of ether oxygens (including phenoxy) is 1. The molecule has 3 aromatic heterocycles. The van der Waals surface area contributed by atoms with Gasteiger partial charge in [-0.15, -0.1) is 10.2 Å². The van der Waals surface area contributed by atoms with Gasteiger partial charge in [0.25, 0.3) is 0 Å². The molecule has 0 atom stereocenters. The zero-order valence-electron chi connectivity index (χ0n) is 18.5. The molecule has 0 bridgehead atoms. The summed E-state index contributed by atoms with van der Waals surface area (Å²) in [4.78, 5) is 20.8. The van der Waals surface area contributed by atoms with Crippen molar-refractivity contribution >= 4 is 17.2 Å². The van der Waals surface area contributed by atoms with E-state index in [1.54, 1.807) is 18.9 Å². The van der Waals surface area contributed by atoms with Gasteiger partial charge in [0.1, 0.15) is 17.6 Å². The van der Waals surface area contributed by atoms with Gasteiger partial charge < -0.3 is 18.6 Å². The largest absolute Gasteiger partial charge is 0.455 e. The number of hydrogen-bond acceptors (Lipinski definition) is 5. The van der Waals surface area contributed by atoms with Crippen molar-refractivity contribution in [2.24, 2.45) is 5.92 Å². The van der Waals surface area contributed by atoms with Crippen LogP contribution in [0.3, 0.4) is 0 Å². The molecule has 0 spiro atoms. The second kappa shape index (κ2) is 7.91. The van der Waals surface area contributed by atoms with Crippen LogP contribution in [0.2, 0.25) is 0 Å². The summed E-state index contributed by atoms with van der Waals surface area (Å²) >= 11 is 0. The number of benzene rings is 1. The first kappa shape index (κ1) is 19.8. The smallest absolute Gasteiger partial charge is 0.324 e. The van der Waals surface area contributed by atoms with E-state index >= 15 is 0 Å². The van der Waals surface area contributed by atoms with Gasteiger partial charge in [-0.1, -0.05) is 0 Å². The van der Waals surface area contributed by atoms with Crippen molar-refractivity contribution in [3.8, 4) is 22.9 Å². The molecule has 2 fully saturated rings. The van der Waals surface area contributed by atoms with Gasteiger partial charge in [0, 0.05) is 43.6 Å². The summed E-state index contributed by atoms with van der Waals surface area (Å²) < 4.78 is 10.2. The molecule has 9 nitrogen and oxygen atoms in total. The highest BCUT2D eigenvalue weighted by Crippen LogP contribution is 2.34. The highest BCUT2D eigenvalue weighted by Gasteiger charge is 2.34. The Morgan fingerprint density at radius 3 is 2.76 bits per heavy atom. The van der Waals surface area contributed by atoms with Gasteiger partial charge in [0.05, 0.1) is 12.5 Å². The fraction of sp³-hybridized carbons (Fsp3) is 0.333. The van der Waals surface area contributed by atoms with Crippen molar-refractivity contribution in [3.05, 3.63) is 55.4 Å². The molecule has 0 unspecified atom stereocenters. The van der Waals surface area contributed by atoms with Crippen LogP contribution in [0.5, 0.6) is 11.5 Å². The summed E-state index contributed by atoms with van der Waals surface area (Å²) in [7, 11) is 0.